The predicted molar refractivity (Wildman–Crippen MR) is 66.7 cm³/mol. The minimum absolute atomic E-state index is 0.00343. The van der Waals surface area contributed by atoms with Crippen LogP contribution in [0.2, 0.25) is 0 Å². The topological polar surface area (TPSA) is 0 Å². The Morgan fingerprint density at radius 2 is 1.18 bits per heavy atom. The Labute approximate surface area is 103 Å². The summed E-state index contributed by atoms with van der Waals surface area (Å²) in [5.41, 5.74) is 0.935. The van der Waals surface area contributed by atoms with Crippen molar-refractivity contribution in [3.8, 4) is 0 Å². The Balaban J connectivity index is 2.38. The quantitative estimate of drug-likeness (QED) is 0.635. The molecule has 0 N–H and O–H groups in total. The fraction of sp³-hybridized carbons (Fsp3) is 0.0714. The van der Waals surface area contributed by atoms with Gasteiger partial charge < -0.3 is 0 Å². The molecule has 0 aliphatic heterocycles. The summed E-state index contributed by atoms with van der Waals surface area (Å²) in [5.74, 6) is -2.96. The van der Waals surface area contributed by atoms with Gasteiger partial charge in [0.05, 0.1) is 4.86 Å². The summed E-state index contributed by atoms with van der Waals surface area (Å²) < 4.78 is 28.6. The predicted octanol–water partition coefficient (Wildman–Crippen LogP) is 3.91. The third-order valence-electron chi connectivity index (χ3n) is 3.02. The van der Waals surface area contributed by atoms with E-state index in [-0.39, 0.29) is 11.1 Å². The molecule has 1 aliphatic rings. The van der Waals surface area contributed by atoms with E-state index in [1.165, 1.54) is 12.1 Å². The van der Waals surface area contributed by atoms with Crippen molar-refractivity contribution in [1.82, 2.24) is 0 Å². The van der Waals surface area contributed by atoms with E-state index in [4.69, 9.17) is 12.2 Å². The zero-order valence-electron chi connectivity index (χ0n) is 8.78. The highest BCUT2D eigenvalue weighted by Crippen LogP contribution is 2.43. The second kappa shape index (κ2) is 3.44. The lowest BCUT2D eigenvalue weighted by Gasteiger charge is -2.28. The monoisotopic (exact) mass is 246 g/mol. The highest BCUT2D eigenvalue weighted by atomic mass is 32.1. The molecule has 0 saturated carbocycles. The number of thiocarbonyl (C=S) groups is 1. The number of benzene rings is 2. The number of rotatable bonds is 0. The van der Waals surface area contributed by atoms with Gasteiger partial charge in [0.2, 0.25) is 0 Å². The van der Waals surface area contributed by atoms with Crippen LogP contribution in [0, 0.1) is 0 Å². The Morgan fingerprint density at radius 1 is 0.765 bits per heavy atom. The second-order valence-corrected chi connectivity index (χ2v) is 4.40. The summed E-state index contributed by atoms with van der Waals surface area (Å²) in [6.45, 7) is 0. The van der Waals surface area contributed by atoms with E-state index in [1.807, 2.05) is 0 Å². The average Bonchev–Trinajstić information content (AvgIpc) is 2.37. The maximum absolute atomic E-state index is 14.3. The Morgan fingerprint density at radius 3 is 1.65 bits per heavy atom. The van der Waals surface area contributed by atoms with E-state index in [1.54, 1.807) is 36.4 Å². The molecule has 3 heteroatoms. The molecule has 0 amide bonds. The van der Waals surface area contributed by atoms with Crippen LogP contribution in [0.1, 0.15) is 22.3 Å². The largest absolute Gasteiger partial charge is 0.299 e. The molecule has 0 aromatic heterocycles. The molecule has 2 aromatic carbocycles. The molecule has 3 rings (SSSR count). The summed E-state index contributed by atoms with van der Waals surface area (Å²) in [7, 11) is 0. The van der Waals surface area contributed by atoms with Crippen molar-refractivity contribution in [3.05, 3.63) is 70.8 Å². The molecular formula is C14H8F2S. The SMILES string of the molecule is FC1(F)c2ccccc2C(=S)c2ccccc21. The van der Waals surface area contributed by atoms with Gasteiger partial charge in [0.25, 0.3) is 5.92 Å². The summed E-state index contributed by atoms with van der Waals surface area (Å²) in [4.78, 5) is 0.502. The van der Waals surface area contributed by atoms with Gasteiger partial charge in [-0.2, -0.15) is 8.78 Å². The smallest absolute Gasteiger partial charge is 0.196 e. The lowest BCUT2D eigenvalue weighted by atomic mass is 9.83. The Bertz CT molecular complexity index is 566. The van der Waals surface area contributed by atoms with Crippen LogP contribution < -0.4 is 0 Å². The van der Waals surface area contributed by atoms with E-state index < -0.39 is 5.92 Å². The molecule has 0 heterocycles. The number of fused-ring (bicyclic) bond motifs is 2. The van der Waals surface area contributed by atoms with Gasteiger partial charge in [-0.1, -0.05) is 60.7 Å². The van der Waals surface area contributed by atoms with Crippen LogP contribution in [-0.2, 0) is 5.92 Å². The van der Waals surface area contributed by atoms with Crippen LogP contribution >= 0.6 is 12.2 Å². The van der Waals surface area contributed by atoms with Crippen molar-refractivity contribution in [3.63, 3.8) is 0 Å². The van der Waals surface area contributed by atoms with Crippen LogP contribution in [-0.4, -0.2) is 4.86 Å². The van der Waals surface area contributed by atoms with Gasteiger partial charge in [-0.15, -0.1) is 0 Å². The fourth-order valence-corrected chi connectivity index (χ4v) is 2.56. The lowest BCUT2D eigenvalue weighted by Crippen LogP contribution is -2.27. The molecule has 0 saturated heterocycles. The molecule has 0 radical (unpaired) electrons. The number of hydrogen-bond donors (Lipinski definition) is 0. The molecule has 84 valence electrons. The normalized spacial score (nSPS) is 16.2. The zero-order valence-corrected chi connectivity index (χ0v) is 9.60. The maximum Gasteiger partial charge on any atom is 0.299 e. The zero-order chi connectivity index (χ0) is 12.0. The molecule has 2 aromatic rings. The van der Waals surface area contributed by atoms with E-state index in [0.717, 1.165) is 0 Å². The standard InChI is InChI=1S/C14H8F2S/c15-14(16)11-7-3-1-5-9(11)13(17)10-6-2-4-8-12(10)14/h1-8H. The van der Waals surface area contributed by atoms with Gasteiger partial charge in [0, 0.05) is 22.3 Å². The first-order valence-electron chi connectivity index (χ1n) is 5.24. The summed E-state index contributed by atoms with van der Waals surface area (Å²) in [6, 6.07) is 12.9. The fourth-order valence-electron chi connectivity index (χ4n) is 2.20. The van der Waals surface area contributed by atoms with E-state index >= 15 is 0 Å². The van der Waals surface area contributed by atoms with Crippen LogP contribution in [0.3, 0.4) is 0 Å². The van der Waals surface area contributed by atoms with E-state index in [9.17, 15) is 8.78 Å². The molecule has 0 unspecified atom stereocenters. The van der Waals surface area contributed by atoms with Crippen molar-refractivity contribution < 1.29 is 8.78 Å². The van der Waals surface area contributed by atoms with Gasteiger partial charge in [0.1, 0.15) is 0 Å². The number of hydrogen-bond acceptors (Lipinski definition) is 1. The second-order valence-electron chi connectivity index (χ2n) is 3.99. The molecule has 0 fully saturated rings. The summed E-state index contributed by atoms with van der Waals surface area (Å²) in [5, 5.41) is 0. The van der Waals surface area contributed by atoms with Crippen molar-refractivity contribution in [2.24, 2.45) is 0 Å². The van der Waals surface area contributed by atoms with Crippen molar-refractivity contribution in [1.29, 1.82) is 0 Å². The highest BCUT2D eigenvalue weighted by Gasteiger charge is 2.42. The van der Waals surface area contributed by atoms with Crippen LogP contribution in [0.4, 0.5) is 8.78 Å². The highest BCUT2D eigenvalue weighted by molar-refractivity contribution is 7.81. The first-order chi connectivity index (χ1) is 8.12. The van der Waals surface area contributed by atoms with Gasteiger partial charge in [-0.25, -0.2) is 0 Å². The average molecular weight is 246 g/mol. The Hall–Kier alpha value is -1.61. The van der Waals surface area contributed by atoms with Crippen LogP contribution in [0.25, 0.3) is 0 Å². The molecule has 0 spiro atoms. The van der Waals surface area contributed by atoms with Gasteiger partial charge in [-0.3, -0.25) is 0 Å². The third kappa shape index (κ3) is 1.35. The van der Waals surface area contributed by atoms with Crippen LogP contribution in [0.5, 0.6) is 0 Å². The van der Waals surface area contributed by atoms with Gasteiger partial charge >= 0.3 is 0 Å². The summed E-state index contributed by atoms with van der Waals surface area (Å²) in [6.07, 6.45) is 0. The van der Waals surface area contributed by atoms with Gasteiger partial charge in [-0.05, 0) is 0 Å². The molecule has 0 bridgehead atoms. The Kier molecular flexibility index (Phi) is 2.13. The number of alkyl halides is 2. The van der Waals surface area contributed by atoms with Crippen LogP contribution in [0.15, 0.2) is 48.5 Å². The van der Waals surface area contributed by atoms with E-state index in [0.29, 0.717) is 16.0 Å². The van der Waals surface area contributed by atoms with E-state index in [2.05, 4.69) is 0 Å². The summed E-state index contributed by atoms with van der Waals surface area (Å²) >= 11 is 5.28. The first kappa shape index (κ1) is 10.5. The van der Waals surface area contributed by atoms with Crippen molar-refractivity contribution in [2.75, 3.05) is 0 Å². The molecule has 17 heavy (non-hydrogen) atoms. The molecule has 0 nitrogen and oxygen atoms in total. The number of halogens is 2. The molecular weight excluding hydrogens is 238 g/mol. The minimum Gasteiger partial charge on any atom is -0.196 e. The lowest BCUT2D eigenvalue weighted by molar-refractivity contribution is 0.0415. The first-order valence-corrected chi connectivity index (χ1v) is 5.65. The minimum atomic E-state index is -2.96. The maximum atomic E-state index is 14.3. The van der Waals surface area contributed by atoms with Crippen molar-refractivity contribution >= 4 is 17.1 Å². The molecule has 1 aliphatic carbocycles. The van der Waals surface area contributed by atoms with Crippen molar-refractivity contribution in [2.45, 2.75) is 5.92 Å². The molecule has 0 atom stereocenters. The van der Waals surface area contributed by atoms with Gasteiger partial charge in [0.15, 0.2) is 0 Å². The third-order valence-corrected chi connectivity index (χ3v) is 3.46.